The molecule has 0 aliphatic heterocycles. The summed E-state index contributed by atoms with van der Waals surface area (Å²) in [5.41, 5.74) is 0. The van der Waals surface area contributed by atoms with Crippen LogP contribution in [0.1, 0.15) is 90.4 Å². The first kappa shape index (κ1) is 22.8. The van der Waals surface area contributed by atoms with E-state index < -0.39 is 10.4 Å². The average molecular weight is 353 g/mol. The minimum absolute atomic E-state index is 0.128. The zero-order chi connectivity index (χ0) is 17.2. The standard InChI is InChI=1S/C17H36O5S/c1-2-3-4-5-6-7-8-9-10-11-12-13-14-15-21-16-17-22-23(18,19)20/h2-17H2,1H3,(H,18,19,20). The van der Waals surface area contributed by atoms with E-state index in [9.17, 15) is 8.42 Å². The van der Waals surface area contributed by atoms with Crippen LogP contribution in [-0.4, -0.2) is 32.8 Å². The lowest BCUT2D eigenvalue weighted by Crippen LogP contribution is -2.10. The van der Waals surface area contributed by atoms with Crippen LogP contribution in [0.4, 0.5) is 0 Å². The van der Waals surface area contributed by atoms with E-state index in [2.05, 4.69) is 11.1 Å². The molecule has 0 aromatic carbocycles. The highest BCUT2D eigenvalue weighted by Crippen LogP contribution is 2.12. The fourth-order valence-electron chi connectivity index (χ4n) is 2.52. The molecular weight excluding hydrogens is 316 g/mol. The Morgan fingerprint density at radius 2 is 1.09 bits per heavy atom. The molecule has 0 bridgehead atoms. The zero-order valence-corrected chi connectivity index (χ0v) is 15.6. The van der Waals surface area contributed by atoms with Crippen LogP contribution in [-0.2, 0) is 19.3 Å². The van der Waals surface area contributed by atoms with Crippen LogP contribution in [0.5, 0.6) is 0 Å². The molecule has 0 spiro atoms. The Kier molecular flexibility index (Phi) is 16.6. The number of hydrogen-bond donors (Lipinski definition) is 1. The first-order valence-corrected chi connectivity index (χ1v) is 10.6. The molecule has 0 rings (SSSR count). The Labute approximate surface area is 143 Å². The van der Waals surface area contributed by atoms with Crippen molar-refractivity contribution in [1.82, 2.24) is 0 Å². The highest BCUT2D eigenvalue weighted by molar-refractivity contribution is 7.80. The Morgan fingerprint density at radius 1 is 0.652 bits per heavy atom. The predicted octanol–water partition coefficient (Wildman–Crippen LogP) is 4.91. The van der Waals surface area contributed by atoms with Gasteiger partial charge in [-0.1, -0.05) is 84.0 Å². The lowest BCUT2D eigenvalue weighted by molar-refractivity contribution is 0.0945. The summed E-state index contributed by atoms with van der Waals surface area (Å²) in [7, 11) is -4.32. The van der Waals surface area contributed by atoms with Gasteiger partial charge in [0.1, 0.15) is 0 Å². The average Bonchev–Trinajstić information content (AvgIpc) is 2.49. The van der Waals surface area contributed by atoms with Crippen LogP contribution in [0.2, 0.25) is 0 Å². The molecule has 0 aliphatic rings. The molecule has 0 saturated carbocycles. The lowest BCUT2D eigenvalue weighted by Gasteiger charge is -2.04. The molecule has 0 heterocycles. The van der Waals surface area contributed by atoms with Crippen molar-refractivity contribution in [2.75, 3.05) is 19.8 Å². The Hall–Kier alpha value is -0.170. The molecule has 23 heavy (non-hydrogen) atoms. The van der Waals surface area contributed by atoms with E-state index in [4.69, 9.17) is 9.29 Å². The third-order valence-electron chi connectivity index (χ3n) is 3.85. The Morgan fingerprint density at radius 3 is 1.52 bits per heavy atom. The van der Waals surface area contributed by atoms with E-state index in [-0.39, 0.29) is 13.2 Å². The Balaban J connectivity index is 3.03. The molecule has 1 N–H and O–H groups in total. The van der Waals surface area contributed by atoms with E-state index in [1.807, 2.05) is 0 Å². The van der Waals surface area contributed by atoms with Crippen molar-refractivity contribution in [3.63, 3.8) is 0 Å². The van der Waals surface area contributed by atoms with Gasteiger partial charge >= 0.3 is 10.4 Å². The summed E-state index contributed by atoms with van der Waals surface area (Å²) in [5, 5.41) is 0. The maximum absolute atomic E-state index is 10.3. The third-order valence-corrected chi connectivity index (χ3v) is 4.32. The molecule has 6 heteroatoms. The van der Waals surface area contributed by atoms with Crippen LogP contribution in [0.15, 0.2) is 0 Å². The van der Waals surface area contributed by atoms with Crippen molar-refractivity contribution in [3.05, 3.63) is 0 Å². The summed E-state index contributed by atoms with van der Waals surface area (Å²) in [5.74, 6) is 0. The second-order valence-corrected chi connectivity index (χ2v) is 7.20. The van der Waals surface area contributed by atoms with E-state index in [1.54, 1.807) is 0 Å². The summed E-state index contributed by atoms with van der Waals surface area (Å²) >= 11 is 0. The van der Waals surface area contributed by atoms with Gasteiger partial charge in [0.2, 0.25) is 0 Å². The van der Waals surface area contributed by atoms with Gasteiger partial charge in [-0.05, 0) is 6.42 Å². The van der Waals surface area contributed by atoms with Crippen molar-refractivity contribution in [2.45, 2.75) is 90.4 Å². The van der Waals surface area contributed by atoms with E-state index in [1.165, 1.54) is 70.6 Å². The van der Waals surface area contributed by atoms with Gasteiger partial charge in [-0.2, -0.15) is 8.42 Å². The maximum Gasteiger partial charge on any atom is 0.397 e. The van der Waals surface area contributed by atoms with Gasteiger partial charge in [-0.25, -0.2) is 4.18 Å². The molecule has 0 amide bonds. The number of unbranched alkanes of at least 4 members (excludes halogenated alkanes) is 12. The van der Waals surface area contributed by atoms with E-state index in [0.717, 1.165) is 12.8 Å². The molecule has 0 radical (unpaired) electrons. The van der Waals surface area contributed by atoms with Crippen molar-refractivity contribution >= 4 is 10.4 Å². The monoisotopic (exact) mass is 352 g/mol. The molecule has 0 aliphatic carbocycles. The van der Waals surface area contributed by atoms with Crippen molar-refractivity contribution < 1.29 is 21.9 Å². The van der Waals surface area contributed by atoms with Crippen LogP contribution in [0.3, 0.4) is 0 Å². The van der Waals surface area contributed by atoms with Gasteiger partial charge in [0.25, 0.3) is 0 Å². The first-order valence-electron chi connectivity index (χ1n) is 9.26. The minimum Gasteiger partial charge on any atom is -0.379 e. The summed E-state index contributed by atoms with van der Waals surface area (Å²) < 4.78 is 38.3. The second kappa shape index (κ2) is 16.7. The fourth-order valence-corrected chi connectivity index (χ4v) is 2.80. The van der Waals surface area contributed by atoms with Gasteiger partial charge in [-0.15, -0.1) is 0 Å². The first-order chi connectivity index (χ1) is 11.1. The van der Waals surface area contributed by atoms with Crippen LogP contribution in [0, 0.1) is 0 Å². The SMILES string of the molecule is CCCCCCCCCCCCCCCOCCOS(=O)(=O)O. The zero-order valence-electron chi connectivity index (χ0n) is 14.8. The largest absolute Gasteiger partial charge is 0.397 e. The Bertz CT molecular complexity index is 330. The number of ether oxygens (including phenoxy) is 1. The van der Waals surface area contributed by atoms with E-state index >= 15 is 0 Å². The highest BCUT2D eigenvalue weighted by atomic mass is 32.3. The third kappa shape index (κ3) is 21.8. The summed E-state index contributed by atoms with van der Waals surface area (Å²) in [6, 6.07) is 0. The minimum atomic E-state index is -4.32. The summed E-state index contributed by atoms with van der Waals surface area (Å²) in [4.78, 5) is 0. The van der Waals surface area contributed by atoms with Crippen molar-refractivity contribution in [3.8, 4) is 0 Å². The summed E-state index contributed by atoms with van der Waals surface area (Å²) in [6.45, 7) is 2.94. The lowest BCUT2D eigenvalue weighted by atomic mass is 10.0. The summed E-state index contributed by atoms with van der Waals surface area (Å²) in [6.07, 6.45) is 17.0. The van der Waals surface area contributed by atoms with Gasteiger partial charge in [0.15, 0.2) is 0 Å². The molecule has 0 saturated heterocycles. The van der Waals surface area contributed by atoms with Crippen molar-refractivity contribution in [2.24, 2.45) is 0 Å². The molecule has 5 nitrogen and oxygen atoms in total. The number of rotatable bonds is 18. The molecule has 0 atom stereocenters. The maximum atomic E-state index is 10.3. The molecular formula is C17H36O5S. The highest BCUT2D eigenvalue weighted by Gasteiger charge is 2.02. The van der Waals surface area contributed by atoms with Gasteiger partial charge in [0.05, 0.1) is 13.2 Å². The van der Waals surface area contributed by atoms with Gasteiger partial charge in [-0.3, -0.25) is 4.55 Å². The van der Waals surface area contributed by atoms with Gasteiger partial charge in [0, 0.05) is 6.61 Å². The normalized spacial score (nSPS) is 11.9. The van der Waals surface area contributed by atoms with Crippen molar-refractivity contribution in [1.29, 1.82) is 0 Å². The second-order valence-electron chi connectivity index (χ2n) is 6.10. The quantitative estimate of drug-likeness (QED) is 0.280. The molecule has 0 unspecified atom stereocenters. The number of hydrogen-bond acceptors (Lipinski definition) is 4. The fraction of sp³-hybridized carbons (Fsp3) is 1.00. The van der Waals surface area contributed by atoms with Gasteiger partial charge < -0.3 is 4.74 Å². The van der Waals surface area contributed by atoms with Crippen LogP contribution >= 0.6 is 0 Å². The smallest absolute Gasteiger partial charge is 0.379 e. The topological polar surface area (TPSA) is 72.8 Å². The molecule has 0 aromatic rings. The van der Waals surface area contributed by atoms with Crippen LogP contribution in [0.25, 0.3) is 0 Å². The predicted molar refractivity (Wildman–Crippen MR) is 94.0 cm³/mol. The molecule has 0 fully saturated rings. The van der Waals surface area contributed by atoms with E-state index in [0.29, 0.717) is 6.61 Å². The van der Waals surface area contributed by atoms with Crippen LogP contribution < -0.4 is 0 Å². The molecule has 140 valence electrons. The molecule has 0 aromatic heterocycles.